The molecule has 0 aliphatic heterocycles. The van der Waals surface area contributed by atoms with Crippen LogP contribution in [-0.2, 0) is 17.6 Å². The lowest BCUT2D eigenvalue weighted by molar-refractivity contribution is -0.274. The van der Waals surface area contributed by atoms with Gasteiger partial charge in [0.2, 0.25) is 0 Å². The van der Waals surface area contributed by atoms with Crippen LogP contribution in [0.25, 0.3) is 11.1 Å². The van der Waals surface area contributed by atoms with Crippen molar-refractivity contribution >= 4 is 17.6 Å². The van der Waals surface area contributed by atoms with Gasteiger partial charge in [-0.25, -0.2) is 0 Å². The summed E-state index contributed by atoms with van der Waals surface area (Å²) >= 11 is 0. The third-order valence-electron chi connectivity index (χ3n) is 6.93. The number of ether oxygens (including phenoxy) is 1. The second-order valence-corrected chi connectivity index (χ2v) is 9.82. The average molecular weight is 561 g/mol. The number of fused-ring (bicyclic) bond motifs is 3. The van der Waals surface area contributed by atoms with Crippen LogP contribution in [0.2, 0.25) is 0 Å². The number of benzene rings is 4. The van der Waals surface area contributed by atoms with Crippen LogP contribution in [0.4, 0.5) is 18.9 Å². The van der Waals surface area contributed by atoms with E-state index in [1.807, 2.05) is 12.1 Å². The van der Waals surface area contributed by atoms with Crippen LogP contribution >= 0.6 is 0 Å². The molecule has 0 heterocycles. The summed E-state index contributed by atoms with van der Waals surface area (Å²) in [6.45, 7) is 0.0240. The maximum absolute atomic E-state index is 12.7. The Morgan fingerprint density at radius 2 is 1.59 bits per heavy atom. The van der Waals surface area contributed by atoms with Crippen LogP contribution < -0.4 is 15.4 Å². The summed E-state index contributed by atoms with van der Waals surface area (Å²) in [5.41, 5.74) is 7.87. The van der Waals surface area contributed by atoms with Crippen molar-refractivity contribution < 1.29 is 32.6 Å². The normalized spacial score (nSPS) is 12.7. The predicted octanol–water partition coefficient (Wildman–Crippen LogP) is 6.76. The molecule has 1 aliphatic rings. The number of carboxylic acid groups (broad SMARTS) is 1. The Morgan fingerprint density at radius 1 is 0.878 bits per heavy atom. The maximum Gasteiger partial charge on any atom is 0.573 e. The Labute approximate surface area is 234 Å². The van der Waals surface area contributed by atoms with E-state index in [0.29, 0.717) is 17.7 Å². The number of rotatable bonds is 10. The van der Waals surface area contributed by atoms with Gasteiger partial charge >= 0.3 is 12.3 Å². The molecule has 1 unspecified atom stereocenters. The Bertz CT molecular complexity index is 1550. The average Bonchev–Trinajstić information content (AvgIpc) is 3.30. The first-order valence-electron chi connectivity index (χ1n) is 13.1. The molecule has 9 heteroatoms. The van der Waals surface area contributed by atoms with Gasteiger partial charge in [-0.15, -0.1) is 13.2 Å². The molecule has 1 atom stereocenters. The summed E-state index contributed by atoms with van der Waals surface area (Å²) in [6.07, 6.45) is -3.55. The zero-order chi connectivity index (χ0) is 29.0. The number of aliphatic carboxylic acids is 1. The van der Waals surface area contributed by atoms with E-state index in [4.69, 9.17) is 5.11 Å². The first-order valence-corrected chi connectivity index (χ1v) is 13.1. The summed E-state index contributed by atoms with van der Waals surface area (Å²) in [4.78, 5) is 23.0. The van der Waals surface area contributed by atoms with Gasteiger partial charge in [0, 0.05) is 17.8 Å². The second-order valence-electron chi connectivity index (χ2n) is 9.82. The van der Waals surface area contributed by atoms with Gasteiger partial charge in [-0.3, -0.25) is 9.59 Å². The fourth-order valence-electron chi connectivity index (χ4n) is 5.02. The number of halogens is 3. The highest BCUT2D eigenvalue weighted by molar-refractivity contribution is 5.94. The van der Waals surface area contributed by atoms with Crippen molar-refractivity contribution in [2.75, 3.05) is 11.9 Å². The van der Waals surface area contributed by atoms with Crippen molar-refractivity contribution in [1.82, 2.24) is 5.32 Å². The number of anilines is 1. The van der Waals surface area contributed by atoms with Crippen LogP contribution in [0.15, 0.2) is 91.0 Å². The number of amides is 1. The number of nitrogens with one attached hydrogen (secondary N) is 2. The number of hydrogen-bond acceptors (Lipinski definition) is 4. The highest BCUT2D eigenvalue weighted by Gasteiger charge is 2.31. The molecule has 0 radical (unpaired) electrons. The van der Waals surface area contributed by atoms with E-state index in [2.05, 4.69) is 45.7 Å². The second kappa shape index (κ2) is 11.8. The lowest BCUT2D eigenvalue weighted by Gasteiger charge is -2.22. The Hall–Kier alpha value is -4.79. The van der Waals surface area contributed by atoms with E-state index in [-0.39, 0.29) is 30.7 Å². The van der Waals surface area contributed by atoms with Gasteiger partial charge in [0.25, 0.3) is 5.91 Å². The highest BCUT2D eigenvalue weighted by atomic mass is 19.4. The van der Waals surface area contributed by atoms with Crippen LogP contribution in [0.5, 0.6) is 5.75 Å². The van der Waals surface area contributed by atoms with Gasteiger partial charge < -0.3 is 20.5 Å². The largest absolute Gasteiger partial charge is 0.573 e. The van der Waals surface area contributed by atoms with E-state index in [9.17, 15) is 22.8 Å². The molecular formula is C32H27F3N2O4. The molecule has 1 amide bonds. The van der Waals surface area contributed by atoms with E-state index in [1.54, 1.807) is 36.4 Å². The lowest BCUT2D eigenvalue weighted by atomic mass is 9.95. The number of carbonyl (C=O) groups is 2. The molecule has 0 aromatic heterocycles. The van der Waals surface area contributed by atoms with Gasteiger partial charge in [-0.05, 0) is 82.6 Å². The molecule has 210 valence electrons. The summed E-state index contributed by atoms with van der Waals surface area (Å²) < 4.78 is 42.1. The molecule has 0 spiro atoms. The molecule has 0 saturated carbocycles. The molecule has 0 fully saturated rings. The monoisotopic (exact) mass is 560 g/mol. The zero-order valence-corrected chi connectivity index (χ0v) is 21.9. The maximum atomic E-state index is 12.7. The third-order valence-corrected chi connectivity index (χ3v) is 6.93. The molecule has 4 aromatic carbocycles. The van der Waals surface area contributed by atoms with Gasteiger partial charge in [-0.2, -0.15) is 0 Å². The minimum Gasteiger partial charge on any atom is -0.481 e. The number of alkyl halides is 3. The summed E-state index contributed by atoms with van der Waals surface area (Å²) in [5.74, 6) is -1.68. The van der Waals surface area contributed by atoms with E-state index >= 15 is 0 Å². The van der Waals surface area contributed by atoms with E-state index in [1.165, 1.54) is 34.4 Å². The predicted molar refractivity (Wildman–Crippen MR) is 149 cm³/mol. The smallest absolute Gasteiger partial charge is 0.481 e. The lowest BCUT2D eigenvalue weighted by Crippen LogP contribution is -2.25. The summed E-state index contributed by atoms with van der Waals surface area (Å²) in [5, 5.41) is 14.8. The van der Waals surface area contributed by atoms with Crippen molar-refractivity contribution in [3.63, 3.8) is 0 Å². The number of carbonyl (C=O) groups excluding carboxylic acids is 1. The molecule has 6 nitrogen and oxygen atoms in total. The minimum atomic E-state index is -4.77. The van der Waals surface area contributed by atoms with Crippen LogP contribution in [0.1, 0.15) is 45.1 Å². The Morgan fingerprint density at radius 3 is 2.29 bits per heavy atom. The van der Waals surface area contributed by atoms with Gasteiger partial charge in [-0.1, -0.05) is 54.6 Å². The molecule has 0 bridgehead atoms. The van der Waals surface area contributed by atoms with Crippen LogP contribution in [-0.4, -0.2) is 29.9 Å². The Kier molecular flexibility index (Phi) is 7.96. The first-order chi connectivity index (χ1) is 19.6. The minimum absolute atomic E-state index is 0.0240. The Balaban J connectivity index is 1.35. The van der Waals surface area contributed by atoms with Crippen molar-refractivity contribution in [1.29, 1.82) is 0 Å². The van der Waals surface area contributed by atoms with Gasteiger partial charge in [0.05, 0.1) is 12.5 Å². The fourth-order valence-corrected chi connectivity index (χ4v) is 5.02. The van der Waals surface area contributed by atoms with Crippen molar-refractivity contribution in [2.45, 2.75) is 31.7 Å². The van der Waals surface area contributed by atoms with Crippen LogP contribution in [0.3, 0.4) is 0 Å². The quantitative estimate of drug-likeness (QED) is 0.176. The number of carboxylic acids is 1. The molecule has 41 heavy (non-hydrogen) atoms. The first kappa shape index (κ1) is 27.8. The fraction of sp³-hybridized carbons (Fsp3) is 0.188. The zero-order valence-electron chi connectivity index (χ0n) is 21.9. The van der Waals surface area contributed by atoms with Crippen molar-refractivity contribution in [2.24, 2.45) is 0 Å². The SMILES string of the molecule is O=C(O)CCNC(=O)c1ccc(NC(Cc2ccc3c(c2)Cc2ccccc2-3)c2ccc(OC(F)(F)F)cc2)cc1. The number of hydrogen-bond donors (Lipinski definition) is 3. The highest BCUT2D eigenvalue weighted by Crippen LogP contribution is 2.37. The molecule has 1 aliphatic carbocycles. The molecule has 0 saturated heterocycles. The van der Waals surface area contributed by atoms with E-state index < -0.39 is 12.3 Å². The standard InChI is InChI=1S/C32H27F3N2O4/c33-32(34,35)41-26-12-8-21(9-13-26)29(37-25-10-6-22(7-11-25)31(40)36-16-15-30(38)39)18-20-5-14-28-24(17-20)19-23-3-1-2-4-27(23)28/h1-14,17,29,37H,15-16,18-19H2,(H,36,40)(H,38,39). The molecule has 3 N–H and O–H groups in total. The summed E-state index contributed by atoms with van der Waals surface area (Å²) in [7, 11) is 0. The van der Waals surface area contributed by atoms with Crippen molar-refractivity contribution in [3.05, 3.63) is 119 Å². The van der Waals surface area contributed by atoms with Gasteiger partial charge in [0.1, 0.15) is 5.75 Å². The van der Waals surface area contributed by atoms with Crippen LogP contribution in [0, 0.1) is 0 Å². The van der Waals surface area contributed by atoms with Crippen molar-refractivity contribution in [3.8, 4) is 16.9 Å². The topological polar surface area (TPSA) is 87.7 Å². The van der Waals surface area contributed by atoms with E-state index in [0.717, 1.165) is 17.5 Å². The molecule has 5 rings (SSSR count). The third kappa shape index (κ3) is 7.05. The molecular weight excluding hydrogens is 533 g/mol. The summed E-state index contributed by atoms with van der Waals surface area (Å²) in [6, 6.07) is 26.9. The molecule has 4 aromatic rings. The van der Waals surface area contributed by atoms with Gasteiger partial charge in [0.15, 0.2) is 0 Å².